The molecular formula is C20H21ClFN3O2. The van der Waals surface area contributed by atoms with E-state index >= 15 is 0 Å². The van der Waals surface area contributed by atoms with Gasteiger partial charge in [-0.1, -0.05) is 35.9 Å². The number of hydrogen-bond donors (Lipinski definition) is 2. The van der Waals surface area contributed by atoms with E-state index in [1.54, 1.807) is 29.2 Å². The van der Waals surface area contributed by atoms with Crippen molar-refractivity contribution in [1.82, 2.24) is 15.5 Å². The van der Waals surface area contributed by atoms with Gasteiger partial charge in [0.1, 0.15) is 5.82 Å². The van der Waals surface area contributed by atoms with Crippen LogP contribution in [0.5, 0.6) is 0 Å². The Bertz CT molecular complexity index is 796. The summed E-state index contributed by atoms with van der Waals surface area (Å²) in [6, 6.07) is 13.1. The first kappa shape index (κ1) is 19.2. The molecule has 2 aromatic rings. The Morgan fingerprint density at radius 1 is 1.07 bits per heavy atom. The predicted octanol–water partition coefficient (Wildman–Crippen LogP) is 3.33. The van der Waals surface area contributed by atoms with Crippen molar-refractivity contribution >= 4 is 23.5 Å². The smallest absolute Gasteiger partial charge is 0.315 e. The van der Waals surface area contributed by atoms with Crippen LogP contribution in [0.25, 0.3) is 0 Å². The van der Waals surface area contributed by atoms with E-state index in [2.05, 4.69) is 10.6 Å². The Balaban J connectivity index is 1.40. The molecule has 1 heterocycles. The zero-order valence-corrected chi connectivity index (χ0v) is 15.5. The maximum Gasteiger partial charge on any atom is 0.315 e. The van der Waals surface area contributed by atoms with Crippen molar-refractivity contribution in [2.45, 2.75) is 19.5 Å². The highest BCUT2D eigenvalue weighted by Gasteiger charge is 2.29. The Kier molecular flexibility index (Phi) is 6.29. The first-order chi connectivity index (χ1) is 13.0. The Morgan fingerprint density at radius 3 is 2.44 bits per heavy atom. The maximum atomic E-state index is 13.0. The molecule has 7 heteroatoms. The van der Waals surface area contributed by atoms with Crippen molar-refractivity contribution in [2.75, 3.05) is 13.1 Å². The number of halogens is 2. The molecule has 1 atom stereocenters. The van der Waals surface area contributed by atoms with Gasteiger partial charge in [0.2, 0.25) is 5.91 Å². The topological polar surface area (TPSA) is 61.4 Å². The number of carbonyl (C=O) groups excluding carboxylic acids is 2. The second-order valence-corrected chi connectivity index (χ2v) is 7.10. The lowest BCUT2D eigenvalue weighted by Gasteiger charge is -2.17. The monoisotopic (exact) mass is 389 g/mol. The summed E-state index contributed by atoms with van der Waals surface area (Å²) in [5, 5.41) is 6.25. The van der Waals surface area contributed by atoms with Crippen molar-refractivity contribution in [2.24, 2.45) is 5.92 Å². The van der Waals surface area contributed by atoms with E-state index in [1.807, 2.05) is 12.1 Å². The van der Waals surface area contributed by atoms with Crippen LogP contribution in [-0.2, 0) is 17.9 Å². The zero-order chi connectivity index (χ0) is 19.2. The van der Waals surface area contributed by atoms with E-state index in [1.165, 1.54) is 12.1 Å². The molecule has 0 spiro atoms. The van der Waals surface area contributed by atoms with E-state index in [-0.39, 0.29) is 23.7 Å². The Morgan fingerprint density at radius 2 is 1.74 bits per heavy atom. The minimum Gasteiger partial charge on any atom is -0.338 e. The van der Waals surface area contributed by atoms with Crippen LogP contribution < -0.4 is 10.6 Å². The number of hydrogen-bond acceptors (Lipinski definition) is 2. The standard InChI is InChI=1S/C20H21ClFN3O2/c21-17-5-1-14(2-6-17)10-23-20(27)24-11-16-9-19(26)25(13-16)12-15-3-7-18(22)8-4-15/h1-8,16H,9-13H2,(H2,23,24,27). The van der Waals surface area contributed by atoms with Gasteiger partial charge in [0.15, 0.2) is 0 Å². The third-order valence-electron chi connectivity index (χ3n) is 4.50. The maximum absolute atomic E-state index is 13.0. The fraction of sp³-hybridized carbons (Fsp3) is 0.300. The minimum absolute atomic E-state index is 0.0488. The van der Waals surface area contributed by atoms with Gasteiger partial charge in [-0.25, -0.2) is 9.18 Å². The molecule has 0 radical (unpaired) electrons. The first-order valence-corrected chi connectivity index (χ1v) is 9.16. The quantitative estimate of drug-likeness (QED) is 0.796. The number of nitrogens with one attached hydrogen (secondary N) is 2. The van der Waals surface area contributed by atoms with E-state index in [0.717, 1.165) is 11.1 Å². The predicted molar refractivity (Wildman–Crippen MR) is 102 cm³/mol. The highest BCUT2D eigenvalue weighted by Crippen LogP contribution is 2.19. The molecule has 1 aliphatic rings. The normalized spacial score (nSPS) is 16.4. The van der Waals surface area contributed by atoms with Crippen LogP contribution in [0.3, 0.4) is 0 Å². The van der Waals surface area contributed by atoms with Gasteiger partial charge in [-0.15, -0.1) is 0 Å². The summed E-state index contributed by atoms with van der Waals surface area (Å²) >= 11 is 5.83. The molecule has 142 valence electrons. The molecule has 2 aromatic carbocycles. The molecule has 1 fully saturated rings. The average Bonchev–Trinajstić information content (AvgIpc) is 3.01. The summed E-state index contributed by atoms with van der Waals surface area (Å²) in [7, 11) is 0. The highest BCUT2D eigenvalue weighted by atomic mass is 35.5. The van der Waals surface area contributed by atoms with Crippen molar-refractivity contribution in [3.8, 4) is 0 Å². The third kappa shape index (κ3) is 5.69. The first-order valence-electron chi connectivity index (χ1n) is 8.78. The van der Waals surface area contributed by atoms with Gasteiger partial charge >= 0.3 is 6.03 Å². The van der Waals surface area contributed by atoms with Crippen LogP contribution in [0.15, 0.2) is 48.5 Å². The van der Waals surface area contributed by atoms with Gasteiger partial charge in [-0.3, -0.25) is 4.79 Å². The SMILES string of the molecule is O=C(NCc1ccc(Cl)cc1)NCC1CC(=O)N(Cc2ccc(F)cc2)C1. The molecule has 0 saturated carbocycles. The Labute approximate surface area is 162 Å². The van der Waals surface area contributed by atoms with Crippen LogP contribution in [0, 0.1) is 11.7 Å². The van der Waals surface area contributed by atoms with E-state index < -0.39 is 0 Å². The number of benzene rings is 2. The number of urea groups is 1. The van der Waals surface area contributed by atoms with Gasteiger partial charge in [-0.05, 0) is 35.4 Å². The summed E-state index contributed by atoms with van der Waals surface area (Å²) in [4.78, 5) is 25.8. The van der Waals surface area contributed by atoms with Crippen LogP contribution >= 0.6 is 11.6 Å². The van der Waals surface area contributed by atoms with Crippen molar-refractivity contribution < 1.29 is 14.0 Å². The largest absolute Gasteiger partial charge is 0.338 e. The fourth-order valence-electron chi connectivity index (χ4n) is 3.04. The molecule has 1 unspecified atom stereocenters. The minimum atomic E-state index is -0.293. The molecule has 0 aromatic heterocycles. The van der Waals surface area contributed by atoms with Crippen molar-refractivity contribution in [3.05, 3.63) is 70.5 Å². The second-order valence-electron chi connectivity index (χ2n) is 6.66. The summed E-state index contributed by atoms with van der Waals surface area (Å²) in [6.07, 6.45) is 0.401. The summed E-state index contributed by atoms with van der Waals surface area (Å²) in [6.45, 7) is 1.87. The molecule has 1 aliphatic heterocycles. The summed E-state index contributed by atoms with van der Waals surface area (Å²) < 4.78 is 13.0. The van der Waals surface area contributed by atoms with Gasteiger partial charge in [0.05, 0.1) is 0 Å². The molecule has 0 aliphatic carbocycles. The lowest BCUT2D eigenvalue weighted by atomic mass is 10.1. The number of likely N-dealkylation sites (tertiary alicyclic amines) is 1. The van der Waals surface area contributed by atoms with E-state index in [0.29, 0.717) is 37.6 Å². The van der Waals surface area contributed by atoms with Crippen molar-refractivity contribution in [1.29, 1.82) is 0 Å². The number of carbonyl (C=O) groups is 2. The average molecular weight is 390 g/mol. The Hall–Kier alpha value is -2.60. The lowest BCUT2D eigenvalue weighted by Crippen LogP contribution is -2.38. The molecule has 0 bridgehead atoms. The molecule has 5 nitrogen and oxygen atoms in total. The van der Waals surface area contributed by atoms with Gasteiger partial charge in [0, 0.05) is 43.5 Å². The number of nitrogens with zero attached hydrogens (tertiary/aromatic N) is 1. The van der Waals surface area contributed by atoms with Crippen LogP contribution in [0.2, 0.25) is 5.02 Å². The summed E-state index contributed by atoms with van der Waals surface area (Å²) in [5.41, 5.74) is 1.84. The van der Waals surface area contributed by atoms with E-state index in [9.17, 15) is 14.0 Å². The van der Waals surface area contributed by atoms with Crippen LogP contribution in [0.1, 0.15) is 17.5 Å². The molecule has 3 amide bonds. The van der Waals surface area contributed by atoms with Gasteiger partial charge < -0.3 is 15.5 Å². The summed E-state index contributed by atoms with van der Waals surface area (Å²) in [5.74, 6) is -0.176. The molecule has 2 N–H and O–H groups in total. The highest BCUT2D eigenvalue weighted by molar-refractivity contribution is 6.30. The van der Waals surface area contributed by atoms with Gasteiger partial charge in [-0.2, -0.15) is 0 Å². The number of rotatable bonds is 6. The van der Waals surface area contributed by atoms with Crippen LogP contribution in [-0.4, -0.2) is 29.9 Å². The zero-order valence-electron chi connectivity index (χ0n) is 14.8. The molecule has 3 rings (SSSR count). The fourth-order valence-corrected chi connectivity index (χ4v) is 3.16. The number of amides is 3. The molecule has 1 saturated heterocycles. The third-order valence-corrected chi connectivity index (χ3v) is 4.75. The molecule has 27 heavy (non-hydrogen) atoms. The second kappa shape index (κ2) is 8.86. The lowest BCUT2D eigenvalue weighted by molar-refractivity contribution is -0.128. The van der Waals surface area contributed by atoms with Crippen molar-refractivity contribution in [3.63, 3.8) is 0 Å². The van der Waals surface area contributed by atoms with Crippen LogP contribution in [0.4, 0.5) is 9.18 Å². The van der Waals surface area contributed by atoms with Gasteiger partial charge in [0.25, 0.3) is 0 Å². The van der Waals surface area contributed by atoms with E-state index in [4.69, 9.17) is 11.6 Å². The molecular weight excluding hydrogens is 369 g/mol.